The fourth-order valence-electron chi connectivity index (χ4n) is 2.73. The molecule has 0 spiro atoms. The van der Waals surface area contributed by atoms with E-state index in [4.69, 9.17) is 0 Å². The van der Waals surface area contributed by atoms with Gasteiger partial charge in [-0.1, -0.05) is 25.1 Å². The Balaban J connectivity index is 2.38. The van der Waals surface area contributed by atoms with Gasteiger partial charge in [-0.25, -0.2) is 17.6 Å². The number of nitrogens with zero attached hydrogens (tertiary/aromatic N) is 1. The quantitative estimate of drug-likeness (QED) is 0.711. The van der Waals surface area contributed by atoms with Crippen LogP contribution in [0.15, 0.2) is 48.5 Å². The van der Waals surface area contributed by atoms with Crippen LogP contribution in [0.4, 0.5) is 15.8 Å². The molecule has 28 heavy (non-hydrogen) atoms. The van der Waals surface area contributed by atoms with Crippen LogP contribution in [0.3, 0.4) is 0 Å². The highest BCUT2D eigenvalue weighted by Gasteiger charge is 2.33. The minimum absolute atomic E-state index is 0.101. The SMILES string of the molecule is CC[C@@H](C(=O)Nc1cccc(C(=O)OC)c1)N(c1ccccc1F)S(C)(=O)=O. The maximum absolute atomic E-state index is 14.2. The van der Waals surface area contributed by atoms with Gasteiger partial charge in [0, 0.05) is 5.69 Å². The van der Waals surface area contributed by atoms with Crippen molar-refractivity contribution in [2.45, 2.75) is 19.4 Å². The molecular weight excluding hydrogens is 387 g/mol. The number of carbonyl (C=O) groups is 2. The summed E-state index contributed by atoms with van der Waals surface area (Å²) in [7, 11) is -2.72. The highest BCUT2D eigenvalue weighted by atomic mass is 32.2. The molecule has 0 unspecified atom stereocenters. The molecule has 1 atom stereocenters. The monoisotopic (exact) mass is 408 g/mol. The van der Waals surface area contributed by atoms with Gasteiger partial charge in [0.2, 0.25) is 15.9 Å². The van der Waals surface area contributed by atoms with E-state index in [1.165, 1.54) is 37.4 Å². The van der Waals surface area contributed by atoms with Crippen LogP contribution < -0.4 is 9.62 Å². The Morgan fingerprint density at radius 3 is 2.43 bits per heavy atom. The first-order chi connectivity index (χ1) is 13.2. The number of sulfonamides is 1. The Hall–Kier alpha value is -2.94. The number of halogens is 1. The molecule has 7 nitrogen and oxygen atoms in total. The molecule has 0 aliphatic carbocycles. The van der Waals surface area contributed by atoms with Gasteiger partial charge < -0.3 is 10.1 Å². The lowest BCUT2D eigenvalue weighted by Gasteiger charge is -2.30. The smallest absolute Gasteiger partial charge is 0.337 e. The summed E-state index contributed by atoms with van der Waals surface area (Å²) in [5.41, 5.74) is 0.297. The van der Waals surface area contributed by atoms with Gasteiger partial charge in [0.15, 0.2) is 0 Å². The highest BCUT2D eigenvalue weighted by molar-refractivity contribution is 7.92. The fraction of sp³-hybridized carbons (Fsp3) is 0.263. The van der Waals surface area contributed by atoms with Crippen molar-refractivity contribution in [3.05, 3.63) is 59.9 Å². The van der Waals surface area contributed by atoms with E-state index in [9.17, 15) is 22.4 Å². The van der Waals surface area contributed by atoms with E-state index in [1.807, 2.05) is 0 Å². The lowest BCUT2D eigenvalue weighted by atomic mass is 10.1. The van der Waals surface area contributed by atoms with Gasteiger partial charge >= 0.3 is 5.97 Å². The van der Waals surface area contributed by atoms with Crippen molar-refractivity contribution in [1.82, 2.24) is 0 Å². The summed E-state index contributed by atoms with van der Waals surface area (Å²) in [5.74, 6) is -1.99. The number of esters is 1. The predicted octanol–water partition coefficient (Wildman–Crippen LogP) is 2.80. The van der Waals surface area contributed by atoms with Crippen LogP contribution in [0.1, 0.15) is 23.7 Å². The summed E-state index contributed by atoms with van der Waals surface area (Å²) in [5, 5.41) is 2.58. The molecule has 0 fully saturated rings. The first kappa shape index (κ1) is 21.4. The fourth-order valence-corrected chi connectivity index (χ4v) is 3.95. The molecule has 2 aromatic rings. The number of hydrogen-bond donors (Lipinski definition) is 1. The third kappa shape index (κ3) is 4.86. The topological polar surface area (TPSA) is 92.8 Å². The average molecular weight is 408 g/mol. The molecule has 0 saturated carbocycles. The van der Waals surface area contributed by atoms with Crippen LogP contribution in [0, 0.1) is 5.82 Å². The summed E-state index contributed by atoms with van der Waals surface area (Å²) >= 11 is 0. The predicted molar refractivity (Wildman–Crippen MR) is 104 cm³/mol. The zero-order valence-corrected chi connectivity index (χ0v) is 16.5. The molecule has 0 aliphatic rings. The second-order valence-corrected chi connectivity index (χ2v) is 7.86. The zero-order valence-electron chi connectivity index (χ0n) is 15.7. The van der Waals surface area contributed by atoms with Gasteiger partial charge in [0.25, 0.3) is 0 Å². The standard InChI is InChI=1S/C19H21FN2O5S/c1-4-16(22(28(3,25)26)17-11-6-5-10-15(17)20)18(23)21-14-9-7-8-13(12-14)19(24)27-2/h5-12,16H,4H2,1-3H3,(H,21,23)/t16-/m0/s1. The van der Waals surface area contributed by atoms with E-state index >= 15 is 0 Å². The molecule has 0 aromatic heterocycles. The number of rotatable bonds is 7. The summed E-state index contributed by atoms with van der Waals surface area (Å²) in [4.78, 5) is 24.5. The molecule has 0 saturated heterocycles. The van der Waals surface area contributed by atoms with Crippen LogP contribution in [0.2, 0.25) is 0 Å². The molecule has 9 heteroatoms. The Bertz CT molecular complexity index is 978. The largest absolute Gasteiger partial charge is 0.465 e. The number of hydrogen-bond acceptors (Lipinski definition) is 5. The summed E-state index contributed by atoms with van der Waals surface area (Å²) < 4.78 is 44.3. The first-order valence-corrected chi connectivity index (χ1v) is 10.3. The molecule has 0 radical (unpaired) electrons. The van der Waals surface area contributed by atoms with Crippen LogP contribution >= 0.6 is 0 Å². The highest BCUT2D eigenvalue weighted by Crippen LogP contribution is 2.26. The van der Waals surface area contributed by atoms with Crippen molar-refractivity contribution >= 4 is 33.3 Å². The van der Waals surface area contributed by atoms with Crippen LogP contribution in [0.5, 0.6) is 0 Å². The minimum atomic E-state index is -3.96. The molecule has 0 heterocycles. The molecule has 1 N–H and O–H groups in total. The Morgan fingerprint density at radius 1 is 1.18 bits per heavy atom. The maximum Gasteiger partial charge on any atom is 0.337 e. The van der Waals surface area contributed by atoms with E-state index < -0.39 is 33.8 Å². The summed E-state index contributed by atoms with van der Waals surface area (Å²) in [6.45, 7) is 1.62. The van der Waals surface area contributed by atoms with E-state index in [-0.39, 0.29) is 23.4 Å². The Labute approximate surface area is 163 Å². The number of para-hydroxylation sites is 1. The zero-order chi connectivity index (χ0) is 20.9. The maximum atomic E-state index is 14.2. The van der Waals surface area contributed by atoms with Crippen molar-refractivity contribution < 1.29 is 27.1 Å². The Kier molecular flexibility index (Phi) is 6.74. The van der Waals surface area contributed by atoms with Gasteiger partial charge in [0.05, 0.1) is 24.6 Å². The average Bonchev–Trinajstić information content (AvgIpc) is 2.65. The minimum Gasteiger partial charge on any atom is -0.465 e. The number of nitrogens with one attached hydrogen (secondary N) is 1. The lowest BCUT2D eigenvalue weighted by molar-refractivity contribution is -0.117. The summed E-state index contributed by atoms with van der Waals surface area (Å²) in [6.07, 6.45) is 1.01. The second kappa shape index (κ2) is 8.83. The van der Waals surface area contributed by atoms with Crippen molar-refractivity contribution in [2.75, 3.05) is 23.0 Å². The summed E-state index contributed by atoms with van der Waals surface area (Å²) in [6, 6.07) is 10.2. The van der Waals surface area contributed by atoms with Crippen molar-refractivity contribution in [3.8, 4) is 0 Å². The van der Waals surface area contributed by atoms with Crippen molar-refractivity contribution in [1.29, 1.82) is 0 Å². The van der Waals surface area contributed by atoms with E-state index in [2.05, 4.69) is 10.1 Å². The molecule has 0 aliphatic heterocycles. The molecule has 1 amide bonds. The third-order valence-electron chi connectivity index (χ3n) is 3.97. The van der Waals surface area contributed by atoms with Gasteiger partial charge in [-0.2, -0.15) is 0 Å². The Morgan fingerprint density at radius 2 is 1.86 bits per heavy atom. The molecule has 2 aromatic carbocycles. The van der Waals surface area contributed by atoms with Crippen LogP contribution in [-0.2, 0) is 19.6 Å². The molecule has 0 bridgehead atoms. The van der Waals surface area contributed by atoms with Crippen LogP contribution in [-0.4, -0.2) is 39.7 Å². The van der Waals surface area contributed by atoms with Gasteiger partial charge in [-0.05, 0) is 36.8 Å². The van der Waals surface area contributed by atoms with Crippen LogP contribution in [0.25, 0.3) is 0 Å². The van der Waals surface area contributed by atoms with Gasteiger partial charge in [-0.15, -0.1) is 0 Å². The first-order valence-electron chi connectivity index (χ1n) is 8.42. The van der Waals surface area contributed by atoms with E-state index in [0.717, 1.165) is 16.6 Å². The third-order valence-corrected chi connectivity index (χ3v) is 5.14. The number of benzene rings is 2. The number of carbonyl (C=O) groups excluding carboxylic acids is 2. The molecule has 2 rings (SSSR count). The molecule has 150 valence electrons. The number of anilines is 2. The second-order valence-electron chi connectivity index (χ2n) is 6.00. The van der Waals surface area contributed by atoms with E-state index in [1.54, 1.807) is 19.1 Å². The lowest BCUT2D eigenvalue weighted by Crippen LogP contribution is -2.47. The number of ether oxygens (including phenoxy) is 1. The van der Waals surface area contributed by atoms with Gasteiger partial charge in [0.1, 0.15) is 11.9 Å². The van der Waals surface area contributed by atoms with Gasteiger partial charge in [-0.3, -0.25) is 9.10 Å². The van der Waals surface area contributed by atoms with E-state index in [0.29, 0.717) is 0 Å². The molecular formula is C19H21FN2O5S. The number of methoxy groups -OCH3 is 1. The number of amides is 1. The van der Waals surface area contributed by atoms with Crippen molar-refractivity contribution in [2.24, 2.45) is 0 Å². The van der Waals surface area contributed by atoms with Crippen molar-refractivity contribution in [3.63, 3.8) is 0 Å². The normalized spacial score (nSPS) is 12.1.